The molecule has 1 aliphatic carbocycles. The predicted octanol–water partition coefficient (Wildman–Crippen LogP) is 0.754. The van der Waals surface area contributed by atoms with Crippen molar-refractivity contribution in [2.45, 2.75) is 25.4 Å². The van der Waals surface area contributed by atoms with E-state index < -0.39 is 0 Å². The molecular formula is C6H10O2. The molecular weight excluding hydrogens is 104 g/mol. The Hall–Kier alpha value is -0.370. The molecule has 0 heterocycles. The average molecular weight is 114 g/mol. The van der Waals surface area contributed by atoms with E-state index in [1.54, 1.807) is 0 Å². The Morgan fingerprint density at radius 2 is 2.38 bits per heavy atom. The van der Waals surface area contributed by atoms with Gasteiger partial charge in [0.2, 0.25) is 0 Å². The van der Waals surface area contributed by atoms with Crippen LogP contribution in [0.1, 0.15) is 19.8 Å². The summed E-state index contributed by atoms with van der Waals surface area (Å²) in [7, 11) is 0. The molecule has 8 heavy (non-hydrogen) atoms. The van der Waals surface area contributed by atoms with Crippen LogP contribution in [0, 0.1) is 0 Å². The van der Waals surface area contributed by atoms with E-state index >= 15 is 0 Å². The van der Waals surface area contributed by atoms with Gasteiger partial charge in [-0.2, -0.15) is 0 Å². The summed E-state index contributed by atoms with van der Waals surface area (Å²) >= 11 is 0. The van der Waals surface area contributed by atoms with Crippen LogP contribution >= 0.6 is 0 Å². The van der Waals surface area contributed by atoms with Gasteiger partial charge >= 0.3 is 0 Å². The summed E-state index contributed by atoms with van der Waals surface area (Å²) in [6.07, 6.45) is 2.76. The molecule has 2 heteroatoms. The van der Waals surface area contributed by atoms with Gasteiger partial charge in [-0.1, -0.05) is 0 Å². The summed E-state index contributed by atoms with van der Waals surface area (Å²) in [6, 6.07) is 0. The molecule has 0 spiro atoms. The quantitative estimate of drug-likeness (QED) is 0.506. The fourth-order valence-electron chi connectivity index (χ4n) is 0.707. The van der Waals surface area contributed by atoms with Gasteiger partial charge in [0, 0.05) is 6.61 Å². The Kier molecular flexibility index (Phi) is 1.34. The monoisotopic (exact) mass is 114 g/mol. The van der Waals surface area contributed by atoms with Crippen LogP contribution in [0.25, 0.3) is 0 Å². The first-order chi connectivity index (χ1) is 3.83. The molecule has 0 aliphatic heterocycles. The molecule has 0 atom stereocenters. The molecule has 1 saturated carbocycles. The summed E-state index contributed by atoms with van der Waals surface area (Å²) in [5.41, 5.74) is -0.339. The van der Waals surface area contributed by atoms with Gasteiger partial charge in [-0.3, -0.25) is 0 Å². The Morgan fingerprint density at radius 1 is 1.75 bits per heavy atom. The van der Waals surface area contributed by atoms with Crippen molar-refractivity contribution in [1.82, 2.24) is 0 Å². The van der Waals surface area contributed by atoms with Crippen molar-refractivity contribution in [3.05, 3.63) is 0 Å². The van der Waals surface area contributed by atoms with Crippen LogP contribution in [0.4, 0.5) is 0 Å². The number of hydrogen-bond donors (Lipinski definition) is 0. The maximum atomic E-state index is 10.2. The van der Waals surface area contributed by atoms with Crippen molar-refractivity contribution >= 4 is 6.29 Å². The molecule has 1 aliphatic rings. The molecule has 0 bridgehead atoms. The lowest BCUT2D eigenvalue weighted by atomic mass is 10.4. The number of ether oxygens (including phenoxy) is 1. The van der Waals surface area contributed by atoms with Gasteiger partial charge in [-0.15, -0.1) is 0 Å². The first kappa shape index (κ1) is 5.76. The van der Waals surface area contributed by atoms with Crippen molar-refractivity contribution in [3.63, 3.8) is 0 Å². The molecule has 1 fully saturated rings. The summed E-state index contributed by atoms with van der Waals surface area (Å²) in [5.74, 6) is 0. The number of aldehydes is 1. The zero-order chi connectivity index (χ0) is 6.04. The van der Waals surface area contributed by atoms with E-state index in [1.807, 2.05) is 6.92 Å². The molecule has 0 aromatic rings. The molecule has 46 valence electrons. The van der Waals surface area contributed by atoms with E-state index in [0.717, 1.165) is 19.1 Å². The van der Waals surface area contributed by atoms with Gasteiger partial charge in [-0.25, -0.2) is 0 Å². The molecule has 0 aromatic carbocycles. The first-order valence-electron chi connectivity index (χ1n) is 2.93. The molecule has 0 aromatic heterocycles. The van der Waals surface area contributed by atoms with Crippen LogP contribution in [-0.2, 0) is 9.53 Å². The lowest BCUT2D eigenvalue weighted by Crippen LogP contribution is -2.14. The molecule has 0 unspecified atom stereocenters. The highest BCUT2D eigenvalue weighted by Gasteiger charge is 2.43. The molecule has 0 radical (unpaired) electrons. The predicted molar refractivity (Wildman–Crippen MR) is 29.7 cm³/mol. The average Bonchev–Trinajstić information content (AvgIpc) is 2.50. The van der Waals surface area contributed by atoms with E-state index in [1.165, 1.54) is 0 Å². The van der Waals surface area contributed by atoms with Gasteiger partial charge in [0.1, 0.15) is 5.60 Å². The topological polar surface area (TPSA) is 26.3 Å². The maximum Gasteiger partial charge on any atom is 0.151 e. The van der Waals surface area contributed by atoms with Crippen LogP contribution in [0.3, 0.4) is 0 Å². The molecule has 0 N–H and O–H groups in total. The number of hydrogen-bond acceptors (Lipinski definition) is 2. The van der Waals surface area contributed by atoms with E-state index in [9.17, 15) is 4.79 Å². The Balaban J connectivity index is 2.30. The Bertz CT molecular complexity index is 94.7. The van der Waals surface area contributed by atoms with E-state index in [0.29, 0.717) is 6.61 Å². The third-order valence-corrected chi connectivity index (χ3v) is 1.39. The minimum absolute atomic E-state index is 0.339. The SMILES string of the molecule is CCOC1(C=O)CC1. The van der Waals surface area contributed by atoms with Gasteiger partial charge in [0.15, 0.2) is 6.29 Å². The standard InChI is InChI=1S/C6H10O2/c1-2-8-6(5-7)3-4-6/h5H,2-4H2,1H3. The summed E-state index contributed by atoms with van der Waals surface area (Å²) in [4.78, 5) is 10.2. The van der Waals surface area contributed by atoms with Crippen molar-refractivity contribution in [2.75, 3.05) is 6.61 Å². The second-order valence-corrected chi connectivity index (χ2v) is 2.12. The highest BCUT2D eigenvalue weighted by Crippen LogP contribution is 2.36. The van der Waals surface area contributed by atoms with Crippen LogP contribution in [0.2, 0.25) is 0 Å². The number of carbonyl (C=O) groups is 1. The molecule has 2 nitrogen and oxygen atoms in total. The molecule has 0 amide bonds. The highest BCUT2D eigenvalue weighted by molar-refractivity contribution is 5.66. The first-order valence-corrected chi connectivity index (χ1v) is 2.93. The van der Waals surface area contributed by atoms with E-state index in [2.05, 4.69) is 0 Å². The fraction of sp³-hybridized carbons (Fsp3) is 0.833. The second kappa shape index (κ2) is 1.86. The molecule has 0 saturated heterocycles. The van der Waals surface area contributed by atoms with Gasteiger partial charge < -0.3 is 9.53 Å². The van der Waals surface area contributed by atoms with Gasteiger partial charge in [0.05, 0.1) is 0 Å². The van der Waals surface area contributed by atoms with Crippen molar-refractivity contribution in [2.24, 2.45) is 0 Å². The maximum absolute atomic E-state index is 10.2. The van der Waals surface area contributed by atoms with Crippen LogP contribution in [-0.4, -0.2) is 18.5 Å². The van der Waals surface area contributed by atoms with Crippen molar-refractivity contribution in [3.8, 4) is 0 Å². The number of carbonyl (C=O) groups excluding carboxylic acids is 1. The summed E-state index contributed by atoms with van der Waals surface area (Å²) < 4.78 is 5.12. The Morgan fingerprint density at radius 3 is 2.50 bits per heavy atom. The van der Waals surface area contributed by atoms with Crippen LogP contribution in [0.5, 0.6) is 0 Å². The smallest absolute Gasteiger partial charge is 0.151 e. The van der Waals surface area contributed by atoms with E-state index in [-0.39, 0.29) is 5.60 Å². The minimum atomic E-state index is -0.339. The van der Waals surface area contributed by atoms with Gasteiger partial charge in [0.25, 0.3) is 0 Å². The third-order valence-electron chi connectivity index (χ3n) is 1.39. The fourth-order valence-corrected chi connectivity index (χ4v) is 0.707. The number of rotatable bonds is 3. The minimum Gasteiger partial charge on any atom is -0.368 e. The third kappa shape index (κ3) is 0.892. The zero-order valence-corrected chi connectivity index (χ0v) is 5.02. The van der Waals surface area contributed by atoms with Crippen molar-refractivity contribution < 1.29 is 9.53 Å². The van der Waals surface area contributed by atoms with Crippen LogP contribution < -0.4 is 0 Å². The lowest BCUT2D eigenvalue weighted by molar-refractivity contribution is -0.120. The largest absolute Gasteiger partial charge is 0.368 e. The van der Waals surface area contributed by atoms with Crippen molar-refractivity contribution in [1.29, 1.82) is 0 Å². The zero-order valence-electron chi connectivity index (χ0n) is 5.02. The van der Waals surface area contributed by atoms with Gasteiger partial charge in [-0.05, 0) is 19.8 Å². The van der Waals surface area contributed by atoms with Crippen LogP contribution in [0.15, 0.2) is 0 Å². The molecule has 1 rings (SSSR count). The lowest BCUT2D eigenvalue weighted by Gasteiger charge is -2.03. The summed E-state index contributed by atoms with van der Waals surface area (Å²) in [5, 5.41) is 0. The normalized spacial score (nSPS) is 22.6. The Labute approximate surface area is 48.8 Å². The highest BCUT2D eigenvalue weighted by atomic mass is 16.5. The second-order valence-electron chi connectivity index (χ2n) is 2.12. The van der Waals surface area contributed by atoms with E-state index in [4.69, 9.17) is 4.74 Å². The summed E-state index contributed by atoms with van der Waals surface area (Å²) in [6.45, 7) is 2.56.